The van der Waals surface area contributed by atoms with E-state index in [1.807, 2.05) is 11.8 Å². The first-order valence-corrected chi connectivity index (χ1v) is 7.04. The summed E-state index contributed by atoms with van der Waals surface area (Å²) in [7, 11) is 0. The van der Waals surface area contributed by atoms with Gasteiger partial charge in [0, 0.05) is 30.8 Å². The van der Waals surface area contributed by atoms with Gasteiger partial charge in [0.15, 0.2) is 0 Å². The van der Waals surface area contributed by atoms with Crippen molar-refractivity contribution in [1.82, 2.24) is 10.6 Å². The first-order valence-electron chi connectivity index (χ1n) is 5.75. The minimum atomic E-state index is 0.177. The lowest BCUT2D eigenvalue weighted by Gasteiger charge is -2.09. The summed E-state index contributed by atoms with van der Waals surface area (Å²) in [6.45, 7) is 3.82. The van der Waals surface area contributed by atoms with Crippen molar-refractivity contribution in [1.29, 1.82) is 0 Å². The van der Waals surface area contributed by atoms with Gasteiger partial charge in [-0.1, -0.05) is 6.92 Å². The minimum absolute atomic E-state index is 0.177. The van der Waals surface area contributed by atoms with Gasteiger partial charge in [-0.3, -0.25) is 4.79 Å². The van der Waals surface area contributed by atoms with Crippen LogP contribution in [0.4, 0.5) is 0 Å². The van der Waals surface area contributed by atoms with Gasteiger partial charge in [-0.25, -0.2) is 0 Å². The number of amides is 1. The average Bonchev–Trinajstić information content (AvgIpc) is 3.01. The first kappa shape index (κ1) is 12.8. The van der Waals surface area contributed by atoms with Gasteiger partial charge in [0.25, 0.3) is 0 Å². The second kappa shape index (κ2) is 7.12. The van der Waals surface area contributed by atoms with E-state index in [4.69, 9.17) is 0 Å². The molecule has 0 aromatic carbocycles. The van der Waals surface area contributed by atoms with Crippen molar-refractivity contribution in [2.45, 2.75) is 43.9 Å². The molecule has 0 saturated heterocycles. The quantitative estimate of drug-likeness (QED) is 0.662. The van der Waals surface area contributed by atoms with Crippen LogP contribution < -0.4 is 10.6 Å². The number of carbonyl (C=O) groups is 1. The lowest BCUT2D eigenvalue weighted by atomic mass is 10.3. The molecule has 1 aliphatic rings. The first-order chi connectivity index (χ1) is 7.22. The predicted molar refractivity (Wildman–Crippen MR) is 66.2 cm³/mol. The molecule has 1 rings (SSSR count). The van der Waals surface area contributed by atoms with Gasteiger partial charge in [-0.15, -0.1) is 0 Å². The zero-order chi connectivity index (χ0) is 11.1. The largest absolute Gasteiger partial charge is 0.356 e. The Bertz CT molecular complexity index is 195. The Morgan fingerprint density at radius 2 is 2.20 bits per heavy atom. The lowest BCUT2D eigenvalue weighted by molar-refractivity contribution is -0.120. The standard InChI is InChI=1S/C11H22N2OS/c1-9(15-2)5-7-13-11(14)6-8-12-10-3-4-10/h9-10,12H,3-8H2,1-2H3,(H,13,14). The molecule has 0 heterocycles. The minimum Gasteiger partial charge on any atom is -0.356 e. The smallest absolute Gasteiger partial charge is 0.221 e. The van der Waals surface area contributed by atoms with E-state index in [9.17, 15) is 4.79 Å². The molecule has 0 aliphatic heterocycles. The average molecular weight is 230 g/mol. The second-order valence-corrected chi connectivity index (χ2v) is 5.44. The summed E-state index contributed by atoms with van der Waals surface area (Å²) in [5.74, 6) is 0.177. The summed E-state index contributed by atoms with van der Waals surface area (Å²) >= 11 is 1.84. The normalized spacial score (nSPS) is 17.5. The number of thioether (sulfide) groups is 1. The molecule has 1 atom stereocenters. The maximum absolute atomic E-state index is 11.4. The Hall–Kier alpha value is -0.220. The van der Waals surface area contributed by atoms with Crippen LogP contribution in [0.15, 0.2) is 0 Å². The fourth-order valence-electron chi connectivity index (χ4n) is 1.30. The molecule has 1 amide bonds. The zero-order valence-corrected chi connectivity index (χ0v) is 10.5. The van der Waals surface area contributed by atoms with E-state index >= 15 is 0 Å². The van der Waals surface area contributed by atoms with Crippen LogP contribution in [0.1, 0.15) is 32.6 Å². The van der Waals surface area contributed by atoms with Crippen LogP contribution in [0.2, 0.25) is 0 Å². The Morgan fingerprint density at radius 3 is 2.80 bits per heavy atom. The number of hydrogen-bond donors (Lipinski definition) is 2. The van der Waals surface area contributed by atoms with Crippen molar-refractivity contribution in [3.05, 3.63) is 0 Å². The Kier molecular flexibility index (Phi) is 6.10. The molecule has 15 heavy (non-hydrogen) atoms. The Morgan fingerprint density at radius 1 is 1.47 bits per heavy atom. The molecule has 1 unspecified atom stereocenters. The van der Waals surface area contributed by atoms with E-state index in [0.717, 1.165) is 19.5 Å². The predicted octanol–water partition coefficient (Wildman–Crippen LogP) is 1.39. The Balaban J connectivity index is 1.88. The van der Waals surface area contributed by atoms with Gasteiger partial charge >= 0.3 is 0 Å². The van der Waals surface area contributed by atoms with Crippen LogP contribution in [0.25, 0.3) is 0 Å². The van der Waals surface area contributed by atoms with Crippen LogP contribution in [-0.2, 0) is 4.79 Å². The van der Waals surface area contributed by atoms with Crippen molar-refractivity contribution in [3.8, 4) is 0 Å². The molecule has 88 valence electrons. The van der Waals surface area contributed by atoms with Crippen molar-refractivity contribution >= 4 is 17.7 Å². The molecule has 0 aromatic heterocycles. The van der Waals surface area contributed by atoms with Crippen molar-refractivity contribution in [3.63, 3.8) is 0 Å². The number of rotatable bonds is 8. The summed E-state index contributed by atoms with van der Waals surface area (Å²) in [5, 5.41) is 6.92. The highest BCUT2D eigenvalue weighted by molar-refractivity contribution is 7.99. The van der Waals surface area contributed by atoms with Crippen LogP contribution in [0.3, 0.4) is 0 Å². The maximum Gasteiger partial charge on any atom is 0.221 e. The molecule has 0 radical (unpaired) electrons. The van der Waals surface area contributed by atoms with Gasteiger partial charge in [-0.05, 0) is 25.5 Å². The van der Waals surface area contributed by atoms with E-state index in [1.165, 1.54) is 12.8 Å². The highest BCUT2D eigenvalue weighted by atomic mass is 32.2. The van der Waals surface area contributed by atoms with Gasteiger partial charge in [0.2, 0.25) is 5.91 Å². The molecule has 1 saturated carbocycles. The van der Waals surface area contributed by atoms with Gasteiger partial charge < -0.3 is 10.6 Å². The highest BCUT2D eigenvalue weighted by Crippen LogP contribution is 2.18. The molecule has 1 fully saturated rings. The summed E-state index contributed by atoms with van der Waals surface area (Å²) in [6.07, 6.45) is 6.35. The lowest BCUT2D eigenvalue weighted by Crippen LogP contribution is -2.29. The summed E-state index contributed by atoms with van der Waals surface area (Å²) in [5.41, 5.74) is 0. The molecule has 1 aliphatic carbocycles. The molecule has 3 nitrogen and oxygen atoms in total. The van der Waals surface area contributed by atoms with Crippen LogP contribution >= 0.6 is 11.8 Å². The van der Waals surface area contributed by atoms with Crippen LogP contribution in [0, 0.1) is 0 Å². The molecule has 2 N–H and O–H groups in total. The van der Waals surface area contributed by atoms with E-state index < -0.39 is 0 Å². The van der Waals surface area contributed by atoms with Crippen molar-refractivity contribution < 1.29 is 4.79 Å². The molecule has 4 heteroatoms. The third-order valence-corrected chi connectivity index (χ3v) is 3.68. The third-order valence-electron chi connectivity index (χ3n) is 2.64. The second-order valence-electron chi connectivity index (χ2n) is 4.16. The number of nitrogens with one attached hydrogen (secondary N) is 2. The van der Waals surface area contributed by atoms with Crippen LogP contribution in [-0.4, -0.2) is 36.5 Å². The topological polar surface area (TPSA) is 41.1 Å². The molecule has 0 bridgehead atoms. The summed E-state index contributed by atoms with van der Waals surface area (Å²) in [4.78, 5) is 11.4. The third kappa shape index (κ3) is 6.79. The highest BCUT2D eigenvalue weighted by Gasteiger charge is 2.19. The van der Waals surface area contributed by atoms with Gasteiger partial charge in [0.05, 0.1) is 0 Å². The number of hydrogen-bond acceptors (Lipinski definition) is 3. The van der Waals surface area contributed by atoms with Crippen molar-refractivity contribution in [2.24, 2.45) is 0 Å². The zero-order valence-electron chi connectivity index (χ0n) is 9.71. The van der Waals surface area contributed by atoms with Gasteiger partial charge in [0.1, 0.15) is 0 Å². The Labute approximate surface area is 96.8 Å². The summed E-state index contributed by atoms with van der Waals surface area (Å²) in [6, 6.07) is 0.703. The van der Waals surface area contributed by atoms with E-state index in [1.54, 1.807) is 0 Å². The number of carbonyl (C=O) groups excluding carboxylic acids is 1. The van der Waals surface area contributed by atoms with E-state index in [0.29, 0.717) is 17.7 Å². The molecule has 0 aromatic rings. The molecule has 0 spiro atoms. The van der Waals surface area contributed by atoms with Crippen molar-refractivity contribution in [2.75, 3.05) is 19.3 Å². The molecular formula is C11H22N2OS. The van der Waals surface area contributed by atoms with E-state index in [2.05, 4.69) is 23.8 Å². The maximum atomic E-state index is 11.4. The SMILES string of the molecule is CSC(C)CCNC(=O)CCNC1CC1. The van der Waals surface area contributed by atoms with E-state index in [-0.39, 0.29) is 5.91 Å². The monoisotopic (exact) mass is 230 g/mol. The van der Waals surface area contributed by atoms with Crippen LogP contribution in [0.5, 0.6) is 0 Å². The van der Waals surface area contributed by atoms with Gasteiger partial charge in [-0.2, -0.15) is 11.8 Å². The fourth-order valence-corrected chi connectivity index (χ4v) is 1.65. The molecular weight excluding hydrogens is 208 g/mol. The summed E-state index contributed by atoms with van der Waals surface area (Å²) < 4.78 is 0. The fraction of sp³-hybridized carbons (Fsp3) is 0.909.